The Bertz CT molecular complexity index is 963. The molecule has 3 aromatic rings. The summed E-state index contributed by atoms with van der Waals surface area (Å²) in [6, 6.07) is 12.2. The average Bonchev–Trinajstić information content (AvgIpc) is 2.96. The van der Waals surface area contributed by atoms with Crippen LogP contribution in [0.3, 0.4) is 0 Å². The van der Waals surface area contributed by atoms with Crippen molar-refractivity contribution in [2.75, 3.05) is 18.0 Å². The fourth-order valence-corrected chi connectivity index (χ4v) is 3.61. The fourth-order valence-electron chi connectivity index (χ4n) is 3.61. The van der Waals surface area contributed by atoms with Crippen LogP contribution in [0.25, 0.3) is 16.9 Å². The lowest BCUT2D eigenvalue weighted by atomic mass is 9.97. The molecule has 1 fully saturated rings. The van der Waals surface area contributed by atoms with Gasteiger partial charge in [0.15, 0.2) is 5.65 Å². The van der Waals surface area contributed by atoms with Crippen LogP contribution in [0.2, 0.25) is 0 Å². The number of rotatable bonds is 3. The van der Waals surface area contributed by atoms with Crippen LogP contribution >= 0.6 is 0 Å². The molecule has 0 spiro atoms. The number of aromatic nitrogens is 3. The van der Waals surface area contributed by atoms with Gasteiger partial charge in [-0.15, -0.1) is 0 Å². The Labute approximate surface area is 152 Å². The SMILES string of the molecule is Cc1nn2c(N3CCCC(C(N)=O)C3)cc(-c3ccccc3)nc2c1C. The summed E-state index contributed by atoms with van der Waals surface area (Å²) in [7, 11) is 0. The topological polar surface area (TPSA) is 76.5 Å². The molecule has 1 amide bonds. The number of anilines is 1. The highest BCUT2D eigenvalue weighted by molar-refractivity contribution is 5.78. The third-order valence-corrected chi connectivity index (χ3v) is 5.26. The van der Waals surface area contributed by atoms with Crippen LogP contribution in [0.15, 0.2) is 36.4 Å². The van der Waals surface area contributed by atoms with Gasteiger partial charge < -0.3 is 10.6 Å². The van der Waals surface area contributed by atoms with Gasteiger partial charge in [0, 0.05) is 30.3 Å². The number of fused-ring (bicyclic) bond motifs is 1. The number of hydrogen-bond donors (Lipinski definition) is 1. The summed E-state index contributed by atoms with van der Waals surface area (Å²) in [5.74, 6) is 0.622. The maximum atomic E-state index is 11.7. The number of nitrogens with two attached hydrogens (primary N) is 1. The number of nitrogens with zero attached hydrogens (tertiary/aromatic N) is 4. The first kappa shape index (κ1) is 16.6. The largest absolute Gasteiger partial charge is 0.369 e. The summed E-state index contributed by atoms with van der Waals surface area (Å²) in [5.41, 5.74) is 10.5. The van der Waals surface area contributed by atoms with E-state index in [-0.39, 0.29) is 11.8 Å². The molecule has 3 heterocycles. The Morgan fingerprint density at radius 1 is 1.23 bits per heavy atom. The number of hydrogen-bond acceptors (Lipinski definition) is 4. The van der Waals surface area contributed by atoms with E-state index in [1.165, 1.54) is 0 Å². The molecule has 134 valence electrons. The Hall–Kier alpha value is -2.89. The molecule has 1 aliphatic rings. The molecule has 0 saturated carbocycles. The minimum Gasteiger partial charge on any atom is -0.369 e. The number of primary amides is 1. The molecule has 1 atom stereocenters. The second kappa shape index (κ2) is 6.44. The molecule has 1 unspecified atom stereocenters. The van der Waals surface area contributed by atoms with Crippen molar-refractivity contribution in [3.05, 3.63) is 47.7 Å². The second-order valence-corrected chi connectivity index (χ2v) is 7.00. The van der Waals surface area contributed by atoms with Crippen LogP contribution in [0.1, 0.15) is 24.1 Å². The highest BCUT2D eigenvalue weighted by Gasteiger charge is 2.26. The van der Waals surface area contributed by atoms with Crippen LogP contribution in [-0.2, 0) is 4.79 Å². The van der Waals surface area contributed by atoms with E-state index in [0.717, 1.165) is 53.4 Å². The van der Waals surface area contributed by atoms with Crippen molar-refractivity contribution < 1.29 is 4.79 Å². The van der Waals surface area contributed by atoms with Gasteiger partial charge in [0.2, 0.25) is 5.91 Å². The van der Waals surface area contributed by atoms with Gasteiger partial charge in [0.05, 0.1) is 17.3 Å². The summed E-state index contributed by atoms with van der Waals surface area (Å²) >= 11 is 0. The van der Waals surface area contributed by atoms with Crippen LogP contribution in [0.5, 0.6) is 0 Å². The Balaban J connectivity index is 1.87. The van der Waals surface area contributed by atoms with E-state index in [2.05, 4.69) is 28.2 Å². The molecule has 26 heavy (non-hydrogen) atoms. The van der Waals surface area contributed by atoms with E-state index in [1.54, 1.807) is 0 Å². The number of amides is 1. The summed E-state index contributed by atoms with van der Waals surface area (Å²) < 4.78 is 1.90. The van der Waals surface area contributed by atoms with E-state index in [0.29, 0.717) is 6.54 Å². The quantitative estimate of drug-likeness (QED) is 0.789. The van der Waals surface area contributed by atoms with Gasteiger partial charge in [-0.1, -0.05) is 30.3 Å². The molecule has 0 radical (unpaired) electrons. The first-order valence-corrected chi connectivity index (χ1v) is 9.01. The summed E-state index contributed by atoms with van der Waals surface area (Å²) in [6.45, 7) is 5.56. The predicted molar refractivity (Wildman–Crippen MR) is 102 cm³/mol. The lowest BCUT2D eigenvalue weighted by Crippen LogP contribution is -2.42. The highest BCUT2D eigenvalue weighted by Crippen LogP contribution is 2.29. The van der Waals surface area contributed by atoms with E-state index in [1.807, 2.05) is 36.6 Å². The highest BCUT2D eigenvalue weighted by atomic mass is 16.1. The number of piperidine rings is 1. The number of carbonyl (C=O) groups is 1. The monoisotopic (exact) mass is 349 g/mol. The van der Waals surface area contributed by atoms with E-state index in [9.17, 15) is 4.79 Å². The zero-order valence-electron chi connectivity index (χ0n) is 15.1. The zero-order chi connectivity index (χ0) is 18.3. The minimum atomic E-state index is -0.226. The lowest BCUT2D eigenvalue weighted by Gasteiger charge is -2.33. The summed E-state index contributed by atoms with van der Waals surface area (Å²) in [6.07, 6.45) is 1.79. The fraction of sp³-hybridized carbons (Fsp3) is 0.350. The second-order valence-electron chi connectivity index (χ2n) is 7.00. The number of aryl methyl sites for hydroxylation is 2. The van der Waals surface area contributed by atoms with Crippen LogP contribution in [0.4, 0.5) is 5.82 Å². The van der Waals surface area contributed by atoms with Crippen LogP contribution < -0.4 is 10.6 Å². The van der Waals surface area contributed by atoms with Crippen molar-refractivity contribution in [2.24, 2.45) is 11.7 Å². The molecule has 6 heteroatoms. The molecule has 6 nitrogen and oxygen atoms in total. The molecule has 1 aromatic carbocycles. The third kappa shape index (κ3) is 2.81. The average molecular weight is 349 g/mol. The lowest BCUT2D eigenvalue weighted by molar-refractivity contribution is -0.122. The van der Waals surface area contributed by atoms with Gasteiger partial charge in [-0.05, 0) is 26.7 Å². The molecular weight excluding hydrogens is 326 g/mol. The van der Waals surface area contributed by atoms with Crippen molar-refractivity contribution in [3.63, 3.8) is 0 Å². The molecular formula is C20H23N5O. The molecule has 4 rings (SSSR count). The third-order valence-electron chi connectivity index (χ3n) is 5.26. The maximum absolute atomic E-state index is 11.7. The van der Waals surface area contributed by atoms with Gasteiger partial charge >= 0.3 is 0 Å². The van der Waals surface area contributed by atoms with Crippen LogP contribution in [-0.4, -0.2) is 33.6 Å². The molecule has 2 aromatic heterocycles. The molecule has 0 aliphatic carbocycles. The van der Waals surface area contributed by atoms with Crippen molar-refractivity contribution in [1.82, 2.24) is 14.6 Å². The molecule has 2 N–H and O–H groups in total. The number of benzene rings is 1. The van der Waals surface area contributed by atoms with Gasteiger partial charge in [0.25, 0.3) is 0 Å². The van der Waals surface area contributed by atoms with E-state index < -0.39 is 0 Å². The Morgan fingerprint density at radius 3 is 2.73 bits per heavy atom. The van der Waals surface area contributed by atoms with Crippen LogP contribution in [0, 0.1) is 19.8 Å². The van der Waals surface area contributed by atoms with Gasteiger partial charge in [-0.2, -0.15) is 9.61 Å². The number of carbonyl (C=O) groups excluding carboxylic acids is 1. The first-order valence-electron chi connectivity index (χ1n) is 9.01. The van der Waals surface area contributed by atoms with Crippen molar-refractivity contribution >= 4 is 17.4 Å². The smallest absolute Gasteiger partial charge is 0.222 e. The van der Waals surface area contributed by atoms with E-state index >= 15 is 0 Å². The molecule has 1 saturated heterocycles. The van der Waals surface area contributed by atoms with Gasteiger partial charge in [-0.3, -0.25) is 4.79 Å². The van der Waals surface area contributed by atoms with E-state index in [4.69, 9.17) is 10.7 Å². The standard InChI is InChI=1S/C20H23N5O/c1-13-14(2)23-25-18(24-10-6-9-16(12-24)19(21)26)11-17(22-20(13)25)15-7-4-3-5-8-15/h3-5,7-8,11,16H,6,9-10,12H2,1-2H3,(H2,21,26). The van der Waals surface area contributed by atoms with Gasteiger partial charge in [-0.25, -0.2) is 4.98 Å². The van der Waals surface area contributed by atoms with Crippen molar-refractivity contribution in [2.45, 2.75) is 26.7 Å². The first-order chi connectivity index (χ1) is 12.5. The van der Waals surface area contributed by atoms with Gasteiger partial charge in [0.1, 0.15) is 5.82 Å². The predicted octanol–water partition coefficient (Wildman–Crippen LogP) is 2.71. The maximum Gasteiger partial charge on any atom is 0.222 e. The summed E-state index contributed by atoms with van der Waals surface area (Å²) in [5, 5.41) is 4.69. The zero-order valence-corrected chi connectivity index (χ0v) is 15.1. The normalized spacial score (nSPS) is 17.6. The molecule has 1 aliphatic heterocycles. The summed E-state index contributed by atoms with van der Waals surface area (Å²) in [4.78, 5) is 18.8. The molecule has 0 bridgehead atoms. The minimum absolute atomic E-state index is 0.120. The Kier molecular flexibility index (Phi) is 4.11. The van der Waals surface area contributed by atoms with Crippen molar-refractivity contribution in [1.29, 1.82) is 0 Å². The van der Waals surface area contributed by atoms with Crippen molar-refractivity contribution in [3.8, 4) is 11.3 Å². The Morgan fingerprint density at radius 2 is 2.00 bits per heavy atom.